The summed E-state index contributed by atoms with van der Waals surface area (Å²) in [7, 11) is 1.75. The van der Waals surface area contributed by atoms with Crippen molar-refractivity contribution in [2.75, 3.05) is 31.2 Å². The Bertz CT molecular complexity index is 520. The number of nitrogens with two attached hydrogens (primary N) is 1. The normalized spacial score (nSPS) is 26.0. The maximum atomic E-state index is 12.1. The molecule has 0 aliphatic carbocycles. The zero-order valence-corrected chi connectivity index (χ0v) is 11.2. The molecule has 0 bridgehead atoms. The molecule has 3 heterocycles. The van der Waals surface area contributed by atoms with Crippen LogP contribution >= 0.6 is 0 Å². The molecule has 2 aliphatic heterocycles. The minimum atomic E-state index is -0.0366. The van der Waals surface area contributed by atoms with E-state index < -0.39 is 0 Å². The Balaban J connectivity index is 1.77. The summed E-state index contributed by atoms with van der Waals surface area (Å²) in [6.45, 7) is 3.06. The third kappa shape index (κ3) is 2.04. The predicted octanol–water partition coefficient (Wildman–Crippen LogP) is -0.276. The van der Waals surface area contributed by atoms with E-state index in [1.165, 1.54) is 0 Å². The fourth-order valence-electron chi connectivity index (χ4n) is 3.05. The molecule has 2 aliphatic rings. The lowest BCUT2D eigenvalue weighted by Gasteiger charge is -2.40. The number of rotatable bonds is 1. The van der Waals surface area contributed by atoms with E-state index >= 15 is 0 Å². The van der Waals surface area contributed by atoms with Gasteiger partial charge < -0.3 is 19.9 Å². The van der Waals surface area contributed by atoms with Crippen molar-refractivity contribution in [1.29, 1.82) is 0 Å². The van der Waals surface area contributed by atoms with Gasteiger partial charge in [0.05, 0.1) is 13.2 Å². The molecule has 1 atom stereocenters. The van der Waals surface area contributed by atoms with E-state index in [0.717, 1.165) is 32.5 Å². The molecule has 0 radical (unpaired) electrons. The summed E-state index contributed by atoms with van der Waals surface area (Å²) in [4.78, 5) is 18.3. The van der Waals surface area contributed by atoms with E-state index in [4.69, 9.17) is 10.5 Å². The molecule has 19 heavy (non-hydrogen) atoms. The first kappa shape index (κ1) is 12.6. The molecule has 6 nitrogen and oxygen atoms in total. The third-order valence-electron chi connectivity index (χ3n) is 4.53. The maximum absolute atomic E-state index is 12.1. The van der Waals surface area contributed by atoms with Crippen molar-refractivity contribution in [2.45, 2.75) is 18.9 Å². The second-order valence-electron chi connectivity index (χ2n) is 5.64. The first-order valence-corrected chi connectivity index (χ1v) is 6.72. The largest absolute Gasteiger partial charge is 0.379 e. The first-order chi connectivity index (χ1) is 9.12. The molecule has 1 spiro atoms. The summed E-state index contributed by atoms with van der Waals surface area (Å²) < 4.78 is 7.08. The van der Waals surface area contributed by atoms with Crippen LogP contribution in [-0.4, -0.2) is 41.9 Å². The van der Waals surface area contributed by atoms with E-state index in [-0.39, 0.29) is 17.0 Å². The van der Waals surface area contributed by atoms with Gasteiger partial charge >= 0.3 is 0 Å². The predicted molar refractivity (Wildman–Crippen MR) is 72.2 cm³/mol. The van der Waals surface area contributed by atoms with Crippen LogP contribution in [0.1, 0.15) is 12.8 Å². The van der Waals surface area contributed by atoms with Crippen LogP contribution in [0.2, 0.25) is 0 Å². The highest BCUT2D eigenvalue weighted by Crippen LogP contribution is 2.38. The highest BCUT2D eigenvalue weighted by molar-refractivity contribution is 5.36. The zero-order chi connectivity index (χ0) is 13.5. The molecule has 0 unspecified atom stereocenters. The SMILES string of the molecule is Cn1ccnc(N2CCC3(CC2)COC[C@H]3N)c1=O. The first-order valence-electron chi connectivity index (χ1n) is 6.72. The molecule has 6 heteroatoms. The molecule has 2 fully saturated rings. The third-order valence-corrected chi connectivity index (χ3v) is 4.53. The molecule has 2 saturated heterocycles. The standard InChI is InChI=1S/C13H20N4O2/c1-16-7-4-15-11(12(16)18)17-5-2-13(3-6-17)9-19-8-10(13)14/h4,7,10H,2-3,5-6,8-9,14H2,1H3/t10-/m1/s1. The van der Waals surface area contributed by atoms with Crippen LogP contribution in [0.3, 0.4) is 0 Å². The zero-order valence-electron chi connectivity index (χ0n) is 11.2. The number of nitrogens with zero attached hydrogens (tertiary/aromatic N) is 3. The molecule has 1 aromatic rings. The van der Waals surface area contributed by atoms with Gasteiger partial charge in [-0.25, -0.2) is 4.98 Å². The van der Waals surface area contributed by atoms with E-state index in [1.54, 1.807) is 24.0 Å². The number of aromatic nitrogens is 2. The fraction of sp³-hybridized carbons (Fsp3) is 0.692. The Labute approximate surface area is 112 Å². The van der Waals surface area contributed by atoms with Crippen LogP contribution in [0.25, 0.3) is 0 Å². The van der Waals surface area contributed by atoms with Gasteiger partial charge in [0, 0.05) is 44.0 Å². The van der Waals surface area contributed by atoms with E-state index in [1.807, 2.05) is 0 Å². The van der Waals surface area contributed by atoms with Crippen molar-refractivity contribution in [3.05, 3.63) is 22.7 Å². The minimum absolute atomic E-state index is 0.0366. The van der Waals surface area contributed by atoms with Crippen LogP contribution in [0.4, 0.5) is 5.82 Å². The molecule has 0 aromatic carbocycles. The van der Waals surface area contributed by atoms with Crippen LogP contribution in [0, 0.1) is 5.41 Å². The number of anilines is 1. The van der Waals surface area contributed by atoms with Gasteiger partial charge in [0.25, 0.3) is 5.56 Å². The number of hydrogen-bond donors (Lipinski definition) is 1. The number of hydrogen-bond acceptors (Lipinski definition) is 5. The van der Waals surface area contributed by atoms with Crippen molar-refractivity contribution < 1.29 is 4.74 Å². The summed E-state index contributed by atoms with van der Waals surface area (Å²) >= 11 is 0. The molecule has 3 rings (SSSR count). The highest BCUT2D eigenvalue weighted by Gasteiger charge is 2.44. The van der Waals surface area contributed by atoms with Gasteiger partial charge in [0.1, 0.15) is 0 Å². The van der Waals surface area contributed by atoms with Crippen LogP contribution in [0.15, 0.2) is 17.2 Å². The quantitative estimate of drug-likeness (QED) is 0.755. The smallest absolute Gasteiger partial charge is 0.293 e. The molecule has 1 aromatic heterocycles. The molecular formula is C13H20N4O2. The Hall–Kier alpha value is -1.40. The topological polar surface area (TPSA) is 73.4 Å². The van der Waals surface area contributed by atoms with E-state index in [9.17, 15) is 4.79 Å². The number of ether oxygens (including phenoxy) is 1. The molecule has 0 saturated carbocycles. The Morgan fingerprint density at radius 1 is 1.47 bits per heavy atom. The molecular weight excluding hydrogens is 244 g/mol. The van der Waals surface area contributed by atoms with Crippen molar-refractivity contribution in [1.82, 2.24) is 9.55 Å². The van der Waals surface area contributed by atoms with Crippen molar-refractivity contribution in [3.63, 3.8) is 0 Å². The van der Waals surface area contributed by atoms with Gasteiger partial charge in [-0.15, -0.1) is 0 Å². The van der Waals surface area contributed by atoms with Crippen molar-refractivity contribution in [2.24, 2.45) is 18.2 Å². The summed E-state index contributed by atoms with van der Waals surface area (Å²) in [6.07, 6.45) is 5.28. The van der Waals surface area contributed by atoms with E-state index in [0.29, 0.717) is 12.4 Å². The van der Waals surface area contributed by atoms with Crippen LogP contribution in [0.5, 0.6) is 0 Å². The minimum Gasteiger partial charge on any atom is -0.379 e. The van der Waals surface area contributed by atoms with Gasteiger partial charge in [-0.3, -0.25) is 4.79 Å². The molecule has 104 valence electrons. The molecule has 2 N–H and O–H groups in total. The number of aryl methyl sites for hydroxylation is 1. The summed E-state index contributed by atoms with van der Waals surface area (Å²) in [5, 5.41) is 0. The van der Waals surface area contributed by atoms with Crippen molar-refractivity contribution in [3.8, 4) is 0 Å². The van der Waals surface area contributed by atoms with Crippen LogP contribution in [-0.2, 0) is 11.8 Å². The lowest BCUT2D eigenvalue weighted by atomic mass is 9.75. The lowest BCUT2D eigenvalue weighted by molar-refractivity contribution is 0.131. The Morgan fingerprint density at radius 3 is 2.84 bits per heavy atom. The van der Waals surface area contributed by atoms with Crippen molar-refractivity contribution >= 4 is 5.82 Å². The monoisotopic (exact) mass is 264 g/mol. The van der Waals surface area contributed by atoms with Gasteiger partial charge in [-0.05, 0) is 12.8 Å². The van der Waals surface area contributed by atoms with Gasteiger partial charge in [-0.1, -0.05) is 0 Å². The fourth-order valence-corrected chi connectivity index (χ4v) is 3.05. The highest BCUT2D eigenvalue weighted by atomic mass is 16.5. The summed E-state index contributed by atoms with van der Waals surface area (Å²) in [5.74, 6) is 0.548. The van der Waals surface area contributed by atoms with Gasteiger partial charge in [-0.2, -0.15) is 0 Å². The summed E-state index contributed by atoms with van der Waals surface area (Å²) in [5.41, 5.74) is 6.23. The lowest BCUT2D eigenvalue weighted by Crippen LogP contribution is -2.50. The summed E-state index contributed by atoms with van der Waals surface area (Å²) in [6, 6.07) is 0.126. The number of piperidine rings is 1. The van der Waals surface area contributed by atoms with E-state index in [2.05, 4.69) is 9.88 Å². The average Bonchev–Trinajstić information content (AvgIpc) is 2.76. The maximum Gasteiger partial charge on any atom is 0.293 e. The average molecular weight is 264 g/mol. The van der Waals surface area contributed by atoms with Crippen LogP contribution < -0.4 is 16.2 Å². The Morgan fingerprint density at radius 2 is 2.21 bits per heavy atom. The van der Waals surface area contributed by atoms with Gasteiger partial charge in [0.2, 0.25) is 0 Å². The Kier molecular flexibility index (Phi) is 3.06. The van der Waals surface area contributed by atoms with Gasteiger partial charge in [0.15, 0.2) is 5.82 Å². The molecule has 0 amide bonds. The second-order valence-corrected chi connectivity index (χ2v) is 5.64. The second kappa shape index (κ2) is 4.61.